The van der Waals surface area contributed by atoms with Crippen molar-refractivity contribution < 1.29 is 9.32 Å². The maximum absolute atomic E-state index is 12.2. The zero-order valence-corrected chi connectivity index (χ0v) is 14.1. The Balaban J connectivity index is 1.31. The van der Waals surface area contributed by atoms with Crippen molar-refractivity contribution in [1.82, 2.24) is 20.3 Å². The van der Waals surface area contributed by atoms with Gasteiger partial charge in [-0.2, -0.15) is 5.10 Å². The molecule has 0 spiro atoms. The first kappa shape index (κ1) is 16.1. The number of nitrogens with one attached hydrogen (secondary N) is 1. The predicted octanol–water partition coefficient (Wildman–Crippen LogP) is 3.51. The summed E-state index contributed by atoms with van der Waals surface area (Å²) in [7, 11) is 0. The van der Waals surface area contributed by atoms with Gasteiger partial charge in [0.1, 0.15) is 0 Å². The second-order valence-corrected chi connectivity index (χ2v) is 5.98. The molecule has 0 aliphatic carbocycles. The van der Waals surface area contributed by atoms with Crippen LogP contribution >= 0.6 is 0 Å². The zero-order chi connectivity index (χ0) is 17.8. The standard InChI is InChI=1S/C20H18N4O2/c25-20(17-13-19(26-23-17)15-7-2-1-3-8-15)21-11-6-12-24-18-10-5-4-9-16(18)14-22-24/h1-5,7-10,13-14H,6,11-12H2,(H,21,25). The van der Waals surface area contributed by atoms with Crippen LogP contribution in [0.2, 0.25) is 0 Å². The maximum atomic E-state index is 12.2. The third kappa shape index (κ3) is 3.35. The lowest BCUT2D eigenvalue weighted by atomic mass is 10.1. The third-order valence-electron chi connectivity index (χ3n) is 4.18. The van der Waals surface area contributed by atoms with E-state index in [1.54, 1.807) is 6.07 Å². The van der Waals surface area contributed by atoms with Crippen LogP contribution in [-0.4, -0.2) is 27.4 Å². The van der Waals surface area contributed by atoms with Gasteiger partial charge in [-0.15, -0.1) is 0 Å². The third-order valence-corrected chi connectivity index (χ3v) is 4.18. The van der Waals surface area contributed by atoms with E-state index >= 15 is 0 Å². The van der Waals surface area contributed by atoms with E-state index in [-0.39, 0.29) is 11.6 Å². The van der Waals surface area contributed by atoms with Gasteiger partial charge in [0.05, 0.1) is 11.7 Å². The molecule has 0 aliphatic heterocycles. The predicted molar refractivity (Wildman–Crippen MR) is 98.6 cm³/mol. The Morgan fingerprint density at radius 3 is 2.77 bits per heavy atom. The van der Waals surface area contributed by atoms with Gasteiger partial charge in [0.25, 0.3) is 5.91 Å². The van der Waals surface area contributed by atoms with E-state index in [0.717, 1.165) is 29.4 Å². The highest BCUT2D eigenvalue weighted by Crippen LogP contribution is 2.19. The molecule has 6 nitrogen and oxygen atoms in total. The highest BCUT2D eigenvalue weighted by molar-refractivity contribution is 5.93. The Bertz CT molecular complexity index is 1020. The summed E-state index contributed by atoms with van der Waals surface area (Å²) >= 11 is 0. The summed E-state index contributed by atoms with van der Waals surface area (Å²) in [5.41, 5.74) is 2.28. The lowest BCUT2D eigenvalue weighted by molar-refractivity contribution is 0.0943. The number of amides is 1. The van der Waals surface area contributed by atoms with Crippen LogP contribution in [0.1, 0.15) is 16.9 Å². The van der Waals surface area contributed by atoms with Gasteiger partial charge in [0.15, 0.2) is 11.5 Å². The monoisotopic (exact) mass is 346 g/mol. The summed E-state index contributed by atoms with van der Waals surface area (Å²) < 4.78 is 7.21. The molecule has 0 radical (unpaired) electrons. The molecule has 6 heteroatoms. The molecule has 0 unspecified atom stereocenters. The van der Waals surface area contributed by atoms with Gasteiger partial charge < -0.3 is 9.84 Å². The van der Waals surface area contributed by atoms with Gasteiger partial charge >= 0.3 is 0 Å². The van der Waals surface area contributed by atoms with E-state index in [1.165, 1.54) is 0 Å². The average molecular weight is 346 g/mol. The van der Waals surface area contributed by atoms with Crippen molar-refractivity contribution in [1.29, 1.82) is 0 Å². The van der Waals surface area contributed by atoms with Crippen LogP contribution in [-0.2, 0) is 6.54 Å². The number of nitrogens with zero attached hydrogens (tertiary/aromatic N) is 3. The SMILES string of the molecule is O=C(NCCCn1ncc2ccccc21)c1cc(-c2ccccc2)on1. The largest absolute Gasteiger partial charge is 0.355 e. The van der Waals surface area contributed by atoms with Gasteiger partial charge in [-0.3, -0.25) is 9.48 Å². The van der Waals surface area contributed by atoms with Gasteiger partial charge in [0.2, 0.25) is 0 Å². The van der Waals surface area contributed by atoms with Gasteiger partial charge in [0, 0.05) is 30.1 Å². The molecule has 0 aliphatic rings. The number of aromatic nitrogens is 3. The van der Waals surface area contributed by atoms with E-state index in [0.29, 0.717) is 12.3 Å². The van der Waals surface area contributed by atoms with Crippen LogP contribution in [0, 0.1) is 0 Å². The minimum atomic E-state index is -0.235. The smallest absolute Gasteiger partial charge is 0.273 e. The van der Waals surface area contributed by atoms with Crippen LogP contribution in [0.4, 0.5) is 0 Å². The Morgan fingerprint density at radius 2 is 1.88 bits per heavy atom. The molecule has 130 valence electrons. The topological polar surface area (TPSA) is 73.0 Å². The second kappa shape index (κ2) is 7.23. The van der Waals surface area contributed by atoms with Crippen molar-refractivity contribution in [2.45, 2.75) is 13.0 Å². The second-order valence-electron chi connectivity index (χ2n) is 5.98. The quantitative estimate of drug-likeness (QED) is 0.542. The molecule has 0 saturated carbocycles. The highest BCUT2D eigenvalue weighted by atomic mass is 16.5. The number of hydrogen-bond donors (Lipinski definition) is 1. The number of para-hydroxylation sites is 1. The average Bonchev–Trinajstić information content (AvgIpc) is 3.33. The van der Waals surface area contributed by atoms with Crippen LogP contribution < -0.4 is 5.32 Å². The lowest BCUT2D eigenvalue weighted by Gasteiger charge is -2.04. The van der Waals surface area contributed by atoms with Gasteiger partial charge in [-0.05, 0) is 12.5 Å². The van der Waals surface area contributed by atoms with Crippen molar-refractivity contribution in [3.63, 3.8) is 0 Å². The molecular formula is C20H18N4O2. The maximum Gasteiger partial charge on any atom is 0.273 e. The van der Waals surface area contributed by atoms with Crippen molar-refractivity contribution in [3.05, 3.63) is 72.6 Å². The molecular weight excluding hydrogens is 328 g/mol. The zero-order valence-electron chi connectivity index (χ0n) is 14.1. The summed E-state index contributed by atoms with van der Waals surface area (Å²) in [5, 5.41) is 12.2. The van der Waals surface area contributed by atoms with E-state index in [2.05, 4.69) is 15.6 Å². The fourth-order valence-corrected chi connectivity index (χ4v) is 2.85. The summed E-state index contributed by atoms with van der Waals surface area (Å²) in [6.07, 6.45) is 2.63. The molecule has 1 amide bonds. The van der Waals surface area contributed by atoms with Crippen LogP contribution in [0.5, 0.6) is 0 Å². The first-order valence-electron chi connectivity index (χ1n) is 8.52. The minimum absolute atomic E-state index is 0.235. The Hall–Kier alpha value is -3.41. The van der Waals surface area contributed by atoms with Crippen molar-refractivity contribution in [2.24, 2.45) is 0 Å². The molecule has 0 saturated heterocycles. The number of carbonyl (C=O) groups is 1. The highest BCUT2D eigenvalue weighted by Gasteiger charge is 2.13. The van der Waals surface area contributed by atoms with Crippen LogP contribution in [0.15, 0.2) is 71.4 Å². The number of hydrogen-bond acceptors (Lipinski definition) is 4. The number of fused-ring (bicyclic) bond motifs is 1. The minimum Gasteiger partial charge on any atom is -0.355 e. The molecule has 2 aromatic carbocycles. The molecule has 4 aromatic rings. The number of aryl methyl sites for hydroxylation is 1. The normalized spacial score (nSPS) is 10.9. The molecule has 26 heavy (non-hydrogen) atoms. The molecule has 0 bridgehead atoms. The molecule has 0 fully saturated rings. The first-order valence-corrected chi connectivity index (χ1v) is 8.52. The molecule has 2 heterocycles. The Labute approximate surface area is 150 Å². The molecule has 0 atom stereocenters. The van der Waals surface area contributed by atoms with Crippen molar-refractivity contribution >= 4 is 16.8 Å². The number of carbonyl (C=O) groups excluding carboxylic acids is 1. The summed E-state index contributed by atoms with van der Waals surface area (Å²) in [6, 6.07) is 19.3. The van der Waals surface area contributed by atoms with Crippen LogP contribution in [0.3, 0.4) is 0 Å². The van der Waals surface area contributed by atoms with Crippen molar-refractivity contribution in [3.8, 4) is 11.3 Å². The fraction of sp³-hybridized carbons (Fsp3) is 0.150. The van der Waals surface area contributed by atoms with E-state index in [1.807, 2.05) is 65.5 Å². The first-order chi connectivity index (χ1) is 12.8. The summed E-state index contributed by atoms with van der Waals surface area (Å²) in [5.74, 6) is 0.347. The van der Waals surface area contributed by atoms with Crippen molar-refractivity contribution in [2.75, 3.05) is 6.54 Å². The number of benzene rings is 2. The fourth-order valence-electron chi connectivity index (χ4n) is 2.85. The van der Waals surface area contributed by atoms with Gasteiger partial charge in [-0.25, -0.2) is 0 Å². The van der Waals surface area contributed by atoms with Gasteiger partial charge in [-0.1, -0.05) is 53.7 Å². The molecule has 1 N–H and O–H groups in total. The summed E-state index contributed by atoms with van der Waals surface area (Å²) in [6.45, 7) is 1.28. The Kier molecular flexibility index (Phi) is 4.47. The Morgan fingerprint density at radius 1 is 1.08 bits per heavy atom. The number of rotatable bonds is 6. The summed E-state index contributed by atoms with van der Waals surface area (Å²) in [4.78, 5) is 12.2. The van der Waals surface area contributed by atoms with Crippen LogP contribution in [0.25, 0.3) is 22.2 Å². The molecule has 4 rings (SSSR count). The van der Waals surface area contributed by atoms with E-state index in [4.69, 9.17) is 4.52 Å². The molecule has 2 aromatic heterocycles. The lowest BCUT2D eigenvalue weighted by Crippen LogP contribution is -2.25. The van der Waals surface area contributed by atoms with E-state index in [9.17, 15) is 4.79 Å². The van der Waals surface area contributed by atoms with E-state index < -0.39 is 0 Å².